The zero-order chi connectivity index (χ0) is 18.1. The van der Waals surface area contributed by atoms with E-state index in [4.69, 9.17) is 0 Å². The summed E-state index contributed by atoms with van der Waals surface area (Å²) in [5, 5.41) is 0. The minimum Gasteiger partial charge on any atom is -0.371 e. The van der Waals surface area contributed by atoms with Crippen molar-refractivity contribution in [3.63, 3.8) is 0 Å². The van der Waals surface area contributed by atoms with Gasteiger partial charge >= 0.3 is 0 Å². The molecule has 3 heterocycles. The van der Waals surface area contributed by atoms with Gasteiger partial charge in [-0.05, 0) is 49.6 Å². The number of nitrogens with zero attached hydrogens (tertiary/aromatic N) is 4. The first-order chi connectivity index (χ1) is 12.6. The summed E-state index contributed by atoms with van der Waals surface area (Å²) in [5.41, 5.74) is 4.78. The first kappa shape index (κ1) is 17.0. The molecule has 2 aromatic rings. The Kier molecular flexibility index (Phi) is 4.62. The maximum atomic E-state index is 12.7. The van der Waals surface area contributed by atoms with Gasteiger partial charge in [-0.2, -0.15) is 0 Å². The Bertz CT molecular complexity index is 783. The van der Waals surface area contributed by atoms with Crippen molar-refractivity contribution in [1.82, 2.24) is 9.47 Å². The number of rotatable bonds is 3. The third kappa shape index (κ3) is 3.18. The Labute approximate surface area is 155 Å². The number of piperazine rings is 1. The Balaban J connectivity index is 1.44. The van der Waals surface area contributed by atoms with Gasteiger partial charge in [-0.3, -0.25) is 4.79 Å². The van der Waals surface area contributed by atoms with Crippen molar-refractivity contribution in [3.8, 4) is 0 Å². The van der Waals surface area contributed by atoms with Crippen molar-refractivity contribution in [3.05, 3.63) is 47.8 Å². The lowest BCUT2D eigenvalue weighted by Gasteiger charge is -2.36. The van der Waals surface area contributed by atoms with E-state index in [2.05, 4.69) is 34.9 Å². The van der Waals surface area contributed by atoms with Crippen molar-refractivity contribution < 1.29 is 4.79 Å². The number of aromatic nitrogens is 1. The van der Waals surface area contributed by atoms with Gasteiger partial charge in [-0.15, -0.1) is 0 Å². The lowest BCUT2D eigenvalue weighted by Crippen LogP contribution is -2.49. The normalized spacial score (nSPS) is 17.8. The van der Waals surface area contributed by atoms with E-state index in [1.807, 2.05) is 34.8 Å². The topological polar surface area (TPSA) is 31.7 Å². The van der Waals surface area contributed by atoms with Crippen molar-refractivity contribution >= 4 is 17.3 Å². The van der Waals surface area contributed by atoms with E-state index >= 15 is 0 Å². The Morgan fingerprint density at radius 1 is 0.923 bits per heavy atom. The van der Waals surface area contributed by atoms with Gasteiger partial charge in [0.15, 0.2) is 0 Å². The zero-order valence-corrected chi connectivity index (χ0v) is 15.8. The number of benzene rings is 1. The summed E-state index contributed by atoms with van der Waals surface area (Å²) < 4.78 is 1.90. The second-order valence-electron chi connectivity index (χ2n) is 7.45. The van der Waals surface area contributed by atoms with E-state index in [1.54, 1.807) is 0 Å². The lowest BCUT2D eigenvalue weighted by atomic mass is 10.1. The van der Waals surface area contributed by atoms with E-state index < -0.39 is 0 Å². The molecule has 0 aliphatic carbocycles. The molecule has 1 aromatic carbocycles. The highest BCUT2D eigenvalue weighted by Gasteiger charge is 2.24. The molecule has 2 saturated heterocycles. The predicted octanol–water partition coefficient (Wildman–Crippen LogP) is 2.90. The van der Waals surface area contributed by atoms with Crippen molar-refractivity contribution in [2.75, 3.05) is 49.1 Å². The number of carbonyl (C=O) groups is 1. The molecule has 26 heavy (non-hydrogen) atoms. The van der Waals surface area contributed by atoms with Crippen LogP contribution in [-0.2, 0) is 7.05 Å². The fraction of sp³-hybridized carbons (Fsp3) is 0.476. The molecule has 0 N–H and O–H groups in total. The number of anilines is 2. The smallest absolute Gasteiger partial charge is 0.270 e. The van der Waals surface area contributed by atoms with Crippen LogP contribution in [0.15, 0.2) is 36.5 Å². The second kappa shape index (κ2) is 7.06. The minimum absolute atomic E-state index is 0.138. The summed E-state index contributed by atoms with van der Waals surface area (Å²) in [6.45, 7) is 7.87. The number of hydrogen-bond donors (Lipinski definition) is 0. The average Bonchev–Trinajstić information content (AvgIpc) is 3.33. The van der Waals surface area contributed by atoms with Crippen LogP contribution >= 0.6 is 0 Å². The lowest BCUT2D eigenvalue weighted by molar-refractivity contribution is 0.0737. The van der Waals surface area contributed by atoms with Crippen LogP contribution in [0.3, 0.4) is 0 Å². The van der Waals surface area contributed by atoms with Crippen molar-refractivity contribution in [2.24, 2.45) is 7.05 Å². The molecule has 5 nitrogen and oxygen atoms in total. The van der Waals surface area contributed by atoms with Gasteiger partial charge in [0.25, 0.3) is 5.91 Å². The first-order valence-electron chi connectivity index (χ1n) is 9.64. The minimum atomic E-state index is 0.138. The van der Waals surface area contributed by atoms with Gasteiger partial charge < -0.3 is 19.3 Å². The third-order valence-corrected chi connectivity index (χ3v) is 5.73. The fourth-order valence-corrected chi connectivity index (χ4v) is 4.11. The Morgan fingerprint density at radius 3 is 2.31 bits per heavy atom. The first-order valence-corrected chi connectivity index (χ1v) is 9.64. The second-order valence-corrected chi connectivity index (χ2v) is 7.45. The summed E-state index contributed by atoms with van der Waals surface area (Å²) in [6, 6.07) is 10.6. The van der Waals surface area contributed by atoms with Gasteiger partial charge in [0, 0.05) is 63.9 Å². The van der Waals surface area contributed by atoms with E-state index in [0.717, 1.165) is 31.9 Å². The van der Waals surface area contributed by atoms with Gasteiger partial charge in [-0.25, -0.2) is 0 Å². The molecular weight excluding hydrogens is 324 g/mol. The van der Waals surface area contributed by atoms with Crippen LogP contribution in [0.4, 0.5) is 11.4 Å². The molecule has 4 rings (SSSR count). The standard InChI is InChI=1S/C21H28N4O/c1-17-7-8-18(16-20(17)24-10-3-4-11-24)23-12-14-25(15-13-23)21(26)19-6-5-9-22(19)2/h5-9,16H,3-4,10-15H2,1-2H3. The molecule has 0 unspecified atom stereocenters. The van der Waals surface area contributed by atoms with Crippen LogP contribution in [0.2, 0.25) is 0 Å². The number of hydrogen-bond acceptors (Lipinski definition) is 3. The molecular formula is C21H28N4O. The van der Waals surface area contributed by atoms with Crippen LogP contribution in [0.1, 0.15) is 28.9 Å². The van der Waals surface area contributed by atoms with Gasteiger partial charge in [0.2, 0.25) is 0 Å². The zero-order valence-electron chi connectivity index (χ0n) is 15.8. The maximum absolute atomic E-state index is 12.7. The molecule has 0 atom stereocenters. The average molecular weight is 352 g/mol. The van der Waals surface area contributed by atoms with E-state index in [9.17, 15) is 4.79 Å². The molecule has 1 amide bonds. The van der Waals surface area contributed by atoms with Crippen LogP contribution in [0, 0.1) is 6.92 Å². The number of aryl methyl sites for hydroxylation is 2. The summed E-state index contributed by atoms with van der Waals surface area (Å²) >= 11 is 0. The van der Waals surface area contributed by atoms with Crippen molar-refractivity contribution in [2.45, 2.75) is 19.8 Å². The number of carbonyl (C=O) groups excluding carboxylic acids is 1. The molecule has 138 valence electrons. The molecule has 2 aliphatic heterocycles. The fourth-order valence-electron chi connectivity index (χ4n) is 4.11. The molecule has 0 radical (unpaired) electrons. The quantitative estimate of drug-likeness (QED) is 0.851. The van der Waals surface area contributed by atoms with Crippen LogP contribution in [-0.4, -0.2) is 54.6 Å². The predicted molar refractivity (Wildman–Crippen MR) is 106 cm³/mol. The van der Waals surface area contributed by atoms with Crippen LogP contribution < -0.4 is 9.80 Å². The molecule has 0 saturated carbocycles. The summed E-state index contributed by atoms with van der Waals surface area (Å²) in [5.74, 6) is 0.138. The highest BCUT2D eigenvalue weighted by Crippen LogP contribution is 2.29. The monoisotopic (exact) mass is 352 g/mol. The molecule has 1 aromatic heterocycles. The molecule has 0 bridgehead atoms. The Hall–Kier alpha value is -2.43. The van der Waals surface area contributed by atoms with Gasteiger partial charge in [-0.1, -0.05) is 6.07 Å². The summed E-state index contributed by atoms with van der Waals surface area (Å²) in [4.78, 5) is 19.6. The maximum Gasteiger partial charge on any atom is 0.270 e. The molecule has 2 fully saturated rings. The summed E-state index contributed by atoms with van der Waals surface area (Å²) in [7, 11) is 1.93. The summed E-state index contributed by atoms with van der Waals surface area (Å²) in [6.07, 6.45) is 4.52. The molecule has 0 spiro atoms. The highest BCUT2D eigenvalue weighted by molar-refractivity contribution is 5.93. The van der Waals surface area contributed by atoms with Crippen LogP contribution in [0.25, 0.3) is 0 Å². The largest absolute Gasteiger partial charge is 0.371 e. The van der Waals surface area contributed by atoms with E-state index in [1.165, 1.54) is 42.9 Å². The van der Waals surface area contributed by atoms with Crippen molar-refractivity contribution in [1.29, 1.82) is 0 Å². The third-order valence-electron chi connectivity index (χ3n) is 5.73. The van der Waals surface area contributed by atoms with E-state index in [0.29, 0.717) is 0 Å². The number of amides is 1. The van der Waals surface area contributed by atoms with Gasteiger partial charge in [0.05, 0.1) is 0 Å². The highest BCUT2D eigenvalue weighted by atomic mass is 16.2. The van der Waals surface area contributed by atoms with Gasteiger partial charge in [0.1, 0.15) is 5.69 Å². The Morgan fingerprint density at radius 2 is 1.65 bits per heavy atom. The molecule has 2 aliphatic rings. The van der Waals surface area contributed by atoms with E-state index in [-0.39, 0.29) is 5.91 Å². The molecule has 5 heteroatoms. The SMILES string of the molecule is Cc1ccc(N2CCN(C(=O)c3cccn3C)CC2)cc1N1CCCC1. The van der Waals surface area contributed by atoms with Crippen LogP contribution in [0.5, 0.6) is 0 Å².